The first-order valence-electron chi connectivity index (χ1n) is 6.31. The number of hydrogen-bond acceptors (Lipinski definition) is 4. The van der Waals surface area contributed by atoms with Gasteiger partial charge in [0.1, 0.15) is 22.2 Å². The van der Waals surface area contributed by atoms with Crippen molar-refractivity contribution >= 4 is 21.4 Å². The van der Waals surface area contributed by atoms with Crippen molar-refractivity contribution < 1.29 is 13.2 Å². The summed E-state index contributed by atoms with van der Waals surface area (Å²) in [6, 6.07) is 7.01. The second-order valence-corrected chi connectivity index (χ2v) is 7.66. The zero-order valence-electron chi connectivity index (χ0n) is 10.6. The Kier molecular flexibility index (Phi) is 4.71. The van der Waals surface area contributed by atoms with Gasteiger partial charge in [-0.25, -0.2) is 8.42 Å². The highest BCUT2D eigenvalue weighted by atomic mass is 35.5. The highest BCUT2D eigenvalue weighted by Crippen LogP contribution is 2.22. The van der Waals surface area contributed by atoms with Gasteiger partial charge in [0.15, 0.2) is 0 Å². The lowest BCUT2D eigenvalue weighted by Gasteiger charge is -2.27. The first kappa shape index (κ1) is 14.6. The van der Waals surface area contributed by atoms with Crippen LogP contribution in [0.4, 0.5) is 0 Å². The summed E-state index contributed by atoms with van der Waals surface area (Å²) >= 11 is 5.86. The molecule has 0 bridgehead atoms. The normalized spacial score (nSPS) is 20.9. The summed E-state index contributed by atoms with van der Waals surface area (Å²) in [7, 11) is -2.84. The van der Waals surface area contributed by atoms with Crippen molar-refractivity contribution in [2.45, 2.75) is 18.9 Å². The monoisotopic (exact) mass is 303 g/mol. The van der Waals surface area contributed by atoms with Gasteiger partial charge in [0.25, 0.3) is 0 Å². The third-order valence-electron chi connectivity index (χ3n) is 3.44. The van der Waals surface area contributed by atoms with E-state index in [2.05, 4.69) is 0 Å². The minimum atomic E-state index is -2.84. The van der Waals surface area contributed by atoms with Gasteiger partial charge in [0, 0.05) is 11.1 Å². The third-order valence-corrected chi connectivity index (χ3v) is 5.39. The van der Waals surface area contributed by atoms with Crippen molar-refractivity contribution in [2.24, 2.45) is 11.7 Å². The van der Waals surface area contributed by atoms with E-state index >= 15 is 0 Å². The Balaban J connectivity index is 1.83. The van der Waals surface area contributed by atoms with Gasteiger partial charge in [0.2, 0.25) is 0 Å². The maximum atomic E-state index is 11.3. The number of hydrogen-bond donors (Lipinski definition) is 1. The molecular weight excluding hydrogens is 286 g/mol. The van der Waals surface area contributed by atoms with Crippen LogP contribution in [-0.2, 0) is 9.84 Å². The van der Waals surface area contributed by atoms with E-state index in [1.807, 2.05) is 12.1 Å². The predicted octanol–water partition coefficient (Wildman–Crippen LogP) is 1.87. The molecule has 0 radical (unpaired) electrons. The van der Waals surface area contributed by atoms with Gasteiger partial charge in [-0.05, 0) is 37.0 Å². The van der Waals surface area contributed by atoms with Crippen LogP contribution in [0, 0.1) is 5.92 Å². The van der Waals surface area contributed by atoms with Gasteiger partial charge >= 0.3 is 0 Å². The van der Waals surface area contributed by atoms with Crippen LogP contribution in [0.5, 0.6) is 5.75 Å². The molecule has 106 valence electrons. The van der Waals surface area contributed by atoms with E-state index in [1.165, 1.54) is 0 Å². The van der Waals surface area contributed by atoms with E-state index in [0.29, 0.717) is 30.2 Å². The molecule has 1 aromatic carbocycles. The van der Waals surface area contributed by atoms with Crippen molar-refractivity contribution in [3.63, 3.8) is 0 Å². The molecule has 0 aliphatic carbocycles. The van der Waals surface area contributed by atoms with Crippen LogP contribution in [0.25, 0.3) is 0 Å². The Morgan fingerprint density at radius 2 is 2.05 bits per heavy atom. The molecule has 0 amide bonds. The van der Waals surface area contributed by atoms with Crippen molar-refractivity contribution in [1.29, 1.82) is 0 Å². The minimum Gasteiger partial charge on any atom is -0.492 e. The molecule has 0 spiro atoms. The van der Waals surface area contributed by atoms with Gasteiger partial charge in [-0.3, -0.25) is 0 Å². The molecule has 19 heavy (non-hydrogen) atoms. The number of benzene rings is 1. The standard InChI is InChI=1S/C13H18ClNO3S/c14-11-2-1-3-12(8-11)18-9-13(15)10-4-6-19(16,17)7-5-10/h1-3,8,10,13H,4-7,9,15H2. The Hall–Kier alpha value is -0.780. The van der Waals surface area contributed by atoms with Crippen molar-refractivity contribution in [1.82, 2.24) is 0 Å². The first-order chi connectivity index (χ1) is 8.96. The van der Waals surface area contributed by atoms with E-state index in [4.69, 9.17) is 22.1 Å². The molecule has 2 rings (SSSR count). The summed E-state index contributed by atoms with van der Waals surface area (Å²) in [6.45, 7) is 0.380. The lowest BCUT2D eigenvalue weighted by Crippen LogP contribution is -2.40. The van der Waals surface area contributed by atoms with E-state index in [-0.39, 0.29) is 23.5 Å². The third kappa shape index (κ3) is 4.37. The van der Waals surface area contributed by atoms with Gasteiger partial charge < -0.3 is 10.5 Å². The second kappa shape index (κ2) is 6.11. The lowest BCUT2D eigenvalue weighted by molar-refractivity contribution is 0.237. The van der Waals surface area contributed by atoms with Crippen LogP contribution in [-0.4, -0.2) is 32.6 Å². The van der Waals surface area contributed by atoms with Gasteiger partial charge in [-0.2, -0.15) is 0 Å². The van der Waals surface area contributed by atoms with E-state index in [1.54, 1.807) is 12.1 Å². The van der Waals surface area contributed by atoms with E-state index < -0.39 is 9.84 Å². The quantitative estimate of drug-likeness (QED) is 0.922. The highest BCUT2D eigenvalue weighted by molar-refractivity contribution is 7.91. The topological polar surface area (TPSA) is 69.4 Å². The number of sulfone groups is 1. The predicted molar refractivity (Wildman–Crippen MR) is 76.3 cm³/mol. The van der Waals surface area contributed by atoms with E-state index in [9.17, 15) is 8.42 Å². The van der Waals surface area contributed by atoms with Crippen LogP contribution < -0.4 is 10.5 Å². The van der Waals surface area contributed by atoms with Crippen LogP contribution in [0.3, 0.4) is 0 Å². The van der Waals surface area contributed by atoms with E-state index in [0.717, 1.165) is 0 Å². The molecule has 0 aromatic heterocycles. The molecule has 1 heterocycles. The zero-order valence-corrected chi connectivity index (χ0v) is 12.2. The largest absolute Gasteiger partial charge is 0.492 e. The lowest BCUT2D eigenvalue weighted by atomic mass is 9.95. The molecule has 1 aromatic rings. The molecule has 2 N–H and O–H groups in total. The molecule has 0 saturated carbocycles. The summed E-state index contributed by atoms with van der Waals surface area (Å²) in [5.74, 6) is 1.37. The van der Waals surface area contributed by atoms with Crippen LogP contribution >= 0.6 is 11.6 Å². The zero-order chi connectivity index (χ0) is 13.9. The van der Waals surface area contributed by atoms with Crippen LogP contribution in [0.1, 0.15) is 12.8 Å². The Morgan fingerprint density at radius 3 is 2.68 bits per heavy atom. The molecule has 1 unspecified atom stereocenters. The summed E-state index contributed by atoms with van der Waals surface area (Å²) in [6.07, 6.45) is 1.25. The Labute approximate surface area is 118 Å². The minimum absolute atomic E-state index is 0.144. The fourth-order valence-corrected chi connectivity index (χ4v) is 3.93. The number of ether oxygens (including phenoxy) is 1. The number of halogens is 1. The summed E-state index contributed by atoms with van der Waals surface area (Å²) < 4.78 is 28.3. The van der Waals surface area contributed by atoms with Gasteiger partial charge in [-0.15, -0.1) is 0 Å². The highest BCUT2D eigenvalue weighted by Gasteiger charge is 2.27. The number of nitrogens with two attached hydrogens (primary N) is 1. The molecule has 4 nitrogen and oxygen atoms in total. The second-order valence-electron chi connectivity index (χ2n) is 4.92. The Bertz CT molecular complexity index is 518. The average molecular weight is 304 g/mol. The van der Waals surface area contributed by atoms with Gasteiger partial charge in [0.05, 0.1) is 11.5 Å². The summed E-state index contributed by atoms with van der Waals surface area (Å²) in [4.78, 5) is 0. The molecule has 1 aliphatic heterocycles. The maximum Gasteiger partial charge on any atom is 0.150 e. The van der Waals surface area contributed by atoms with Gasteiger partial charge in [-0.1, -0.05) is 17.7 Å². The van der Waals surface area contributed by atoms with Crippen LogP contribution in [0.15, 0.2) is 24.3 Å². The Morgan fingerprint density at radius 1 is 1.37 bits per heavy atom. The molecule has 6 heteroatoms. The maximum absolute atomic E-state index is 11.3. The van der Waals surface area contributed by atoms with Crippen molar-refractivity contribution in [2.75, 3.05) is 18.1 Å². The average Bonchev–Trinajstić information content (AvgIpc) is 2.36. The fourth-order valence-electron chi connectivity index (χ4n) is 2.22. The fraction of sp³-hybridized carbons (Fsp3) is 0.538. The molecule has 1 atom stereocenters. The van der Waals surface area contributed by atoms with Crippen LogP contribution in [0.2, 0.25) is 5.02 Å². The summed E-state index contributed by atoms with van der Waals surface area (Å²) in [5, 5.41) is 0.620. The molecule has 1 saturated heterocycles. The molecule has 1 fully saturated rings. The number of rotatable bonds is 4. The molecule has 1 aliphatic rings. The summed E-state index contributed by atoms with van der Waals surface area (Å²) in [5.41, 5.74) is 6.07. The molecular formula is C13H18ClNO3S. The van der Waals surface area contributed by atoms with Crippen molar-refractivity contribution in [3.8, 4) is 5.75 Å². The first-order valence-corrected chi connectivity index (χ1v) is 8.50. The van der Waals surface area contributed by atoms with Crippen molar-refractivity contribution in [3.05, 3.63) is 29.3 Å². The smallest absolute Gasteiger partial charge is 0.150 e. The SMILES string of the molecule is NC(COc1cccc(Cl)c1)C1CCS(=O)(=O)CC1.